The summed E-state index contributed by atoms with van der Waals surface area (Å²) in [5, 5.41) is 6.34. The molecule has 0 saturated carbocycles. The molecule has 0 atom stereocenters. The number of nitrogens with two attached hydrogens (primary N) is 1. The van der Waals surface area contributed by atoms with Gasteiger partial charge in [0.15, 0.2) is 5.11 Å². The van der Waals surface area contributed by atoms with E-state index < -0.39 is 0 Å². The highest BCUT2D eigenvalue weighted by Crippen LogP contribution is 2.14. The van der Waals surface area contributed by atoms with Crippen LogP contribution in [0, 0.1) is 6.92 Å². The summed E-state index contributed by atoms with van der Waals surface area (Å²) in [7, 11) is 3.69. The highest BCUT2D eigenvalue weighted by Gasteiger charge is 2.06. The number of hydrogen-bond acceptors (Lipinski definition) is 5. The van der Waals surface area contributed by atoms with E-state index in [0.717, 1.165) is 12.4 Å². The largest absolute Gasteiger partial charge is 0.365 e. The monoisotopic (exact) mass is 254 g/mol. The number of hydrogen-bond donors (Lipinski definition) is 3. The maximum absolute atomic E-state index is 5.51. The fourth-order valence-corrected chi connectivity index (χ4v) is 1.40. The molecule has 0 fully saturated rings. The molecule has 0 aliphatic rings. The summed E-state index contributed by atoms with van der Waals surface area (Å²) >= 11 is 5.02. The number of rotatable bonds is 4. The van der Waals surface area contributed by atoms with E-state index in [0.29, 0.717) is 23.3 Å². The van der Waals surface area contributed by atoms with Crippen LogP contribution in [0.5, 0.6) is 0 Å². The zero-order valence-electron chi connectivity index (χ0n) is 10.3. The van der Waals surface area contributed by atoms with Crippen molar-refractivity contribution in [3.05, 3.63) is 11.9 Å². The van der Waals surface area contributed by atoms with Gasteiger partial charge in [-0.2, -0.15) is 0 Å². The Hall–Kier alpha value is -1.47. The molecule has 7 heteroatoms. The Kier molecular flexibility index (Phi) is 5.05. The van der Waals surface area contributed by atoms with Gasteiger partial charge in [0, 0.05) is 33.3 Å². The van der Waals surface area contributed by atoms with Crippen molar-refractivity contribution in [3.8, 4) is 0 Å². The summed E-state index contributed by atoms with van der Waals surface area (Å²) in [6.45, 7) is 3.16. The highest BCUT2D eigenvalue weighted by molar-refractivity contribution is 7.80. The van der Waals surface area contributed by atoms with Crippen LogP contribution in [0.1, 0.15) is 5.82 Å². The average Bonchev–Trinajstić information content (AvgIpc) is 2.28. The third-order valence-corrected chi connectivity index (χ3v) is 2.45. The molecule has 1 heterocycles. The fourth-order valence-electron chi connectivity index (χ4n) is 1.30. The van der Waals surface area contributed by atoms with Crippen molar-refractivity contribution in [1.29, 1.82) is 0 Å². The molecule has 0 bridgehead atoms. The maximum atomic E-state index is 5.51. The standard InChI is InChI=1S/C10H18N6S/c1-7-13-8(15-10(17)12-2)6-9(14-7)16(3)5-4-11/h6H,4-5,11H2,1-3H3,(H2,12,13,14,15,17). The minimum Gasteiger partial charge on any atom is -0.365 e. The van der Waals surface area contributed by atoms with Crippen molar-refractivity contribution >= 4 is 29.0 Å². The molecule has 0 radical (unpaired) electrons. The Balaban J connectivity index is 2.89. The first-order chi connectivity index (χ1) is 8.06. The molecule has 0 aromatic carbocycles. The number of thiocarbonyl (C=S) groups is 1. The topological polar surface area (TPSA) is 79.1 Å². The number of aromatic nitrogens is 2. The van der Waals surface area contributed by atoms with Crippen LogP contribution in [-0.4, -0.2) is 42.3 Å². The van der Waals surface area contributed by atoms with Crippen LogP contribution in [0.25, 0.3) is 0 Å². The van der Waals surface area contributed by atoms with Crippen LogP contribution >= 0.6 is 12.2 Å². The molecule has 0 aliphatic heterocycles. The van der Waals surface area contributed by atoms with Gasteiger partial charge in [-0.1, -0.05) is 0 Å². The van der Waals surface area contributed by atoms with Crippen molar-refractivity contribution in [1.82, 2.24) is 15.3 Å². The third-order valence-electron chi connectivity index (χ3n) is 2.15. The van der Waals surface area contributed by atoms with Crippen LogP contribution in [0.4, 0.5) is 11.6 Å². The van der Waals surface area contributed by atoms with E-state index in [4.69, 9.17) is 18.0 Å². The SMILES string of the molecule is CNC(=S)Nc1cc(N(C)CCN)nc(C)n1. The van der Waals surface area contributed by atoms with Crippen molar-refractivity contribution in [2.75, 3.05) is 37.4 Å². The van der Waals surface area contributed by atoms with Gasteiger partial charge in [0.1, 0.15) is 17.5 Å². The third kappa shape index (κ3) is 4.12. The smallest absolute Gasteiger partial charge is 0.171 e. The Morgan fingerprint density at radius 2 is 2.24 bits per heavy atom. The summed E-state index contributed by atoms with van der Waals surface area (Å²) in [6.07, 6.45) is 0. The highest BCUT2D eigenvalue weighted by atomic mass is 32.1. The molecule has 4 N–H and O–H groups in total. The molecule has 1 aromatic rings. The molecule has 0 saturated heterocycles. The number of likely N-dealkylation sites (N-methyl/N-ethyl adjacent to an activating group) is 1. The van der Waals surface area contributed by atoms with E-state index in [1.807, 2.05) is 24.9 Å². The quantitative estimate of drug-likeness (QED) is 0.657. The van der Waals surface area contributed by atoms with Gasteiger partial charge in [-0.25, -0.2) is 9.97 Å². The van der Waals surface area contributed by atoms with E-state index >= 15 is 0 Å². The first kappa shape index (κ1) is 13.6. The first-order valence-electron chi connectivity index (χ1n) is 5.32. The predicted octanol–water partition coefficient (Wildman–Crippen LogP) is 0.0961. The van der Waals surface area contributed by atoms with Crippen molar-refractivity contribution < 1.29 is 0 Å². The normalized spacial score (nSPS) is 9.88. The van der Waals surface area contributed by atoms with Gasteiger partial charge in [-0.15, -0.1) is 0 Å². The zero-order valence-corrected chi connectivity index (χ0v) is 11.1. The Labute approximate surface area is 107 Å². The van der Waals surface area contributed by atoms with Crippen molar-refractivity contribution in [2.45, 2.75) is 6.92 Å². The minimum atomic E-state index is 0.524. The number of nitrogens with zero attached hydrogens (tertiary/aromatic N) is 3. The molecule has 94 valence electrons. The number of aryl methyl sites for hydroxylation is 1. The molecular formula is C10H18N6S. The van der Waals surface area contributed by atoms with Crippen LogP contribution in [0.15, 0.2) is 6.07 Å². The van der Waals surface area contributed by atoms with Crippen LogP contribution in [0.2, 0.25) is 0 Å². The summed E-state index contributed by atoms with van der Waals surface area (Å²) in [6, 6.07) is 1.84. The second-order valence-electron chi connectivity index (χ2n) is 3.57. The summed E-state index contributed by atoms with van der Waals surface area (Å²) in [5.74, 6) is 2.19. The van der Waals surface area contributed by atoms with E-state index in [-0.39, 0.29) is 0 Å². The van der Waals surface area contributed by atoms with Crippen LogP contribution in [-0.2, 0) is 0 Å². The molecule has 0 amide bonds. The number of nitrogens with one attached hydrogen (secondary N) is 2. The van der Waals surface area contributed by atoms with Gasteiger partial charge >= 0.3 is 0 Å². The molecule has 1 rings (SSSR count). The number of anilines is 2. The fraction of sp³-hybridized carbons (Fsp3) is 0.500. The van der Waals surface area contributed by atoms with Gasteiger partial charge in [0.05, 0.1) is 0 Å². The van der Waals surface area contributed by atoms with Gasteiger partial charge in [-0.05, 0) is 19.1 Å². The van der Waals surface area contributed by atoms with Gasteiger partial charge in [-0.3, -0.25) is 0 Å². The second-order valence-corrected chi connectivity index (χ2v) is 3.98. The summed E-state index contributed by atoms with van der Waals surface area (Å²) < 4.78 is 0. The van der Waals surface area contributed by atoms with Crippen molar-refractivity contribution in [2.24, 2.45) is 5.73 Å². The van der Waals surface area contributed by atoms with Crippen LogP contribution in [0.3, 0.4) is 0 Å². The lowest BCUT2D eigenvalue weighted by atomic mass is 10.4. The lowest BCUT2D eigenvalue weighted by Crippen LogP contribution is -2.27. The molecular weight excluding hydrogens is 236 g/mol. The maximum Gasteiger partial charge on any atom is 0.171 e. The van der Waals surface area contributed by atoms with E-state index in [1.54, 1.807) is 7.05 Å². The van der Waals surface area contributed by atoms with Gasteiger partial charge in [0.2, 0.25) is 0 Å². The molecule has 1 aromatic heterocycles. The molecule has 17 heavy (non-hydrogen) atoms. The minimum absolute atomic E-state index is 0.524. The Bertz CT molecular complexity index is 394. The lowest BCUT2D eigenvalue weighted by molar-refractivity contribution is 0.857. The molecule has 0 spiro atoms. The lowest BCUT2D eigenvalue weighted by Gasteiger charge is -2.18. The molecule has 6 nitrogen and oxygen atoms in total. The van der Waals surface area contributed by atoms with Crippen LogP contribution < -0.4 is 21.3 Å². The predicted molar refractivity (Wildman–Crippen MR) is 74.4 cm³/mol. The van der Waals surface area contributed by atoms with Crippen molar-refractivity contribution in [3.63, 3.8) is 0 Å². The van der Waals surface area contributed by atoms with E-state index in [2.05, 4.69) is 20.6 Å². The summed E-state index contributed by atoms with van der Waals surface area (Å²) in [5.41, 5.74) is 5.51. The Morgan fingerprint density at radius 3 is 2.82 bits per heavy atom. The average molecular weight is 254 g/mol. The van der Waals surface area contributed by atoms with E-state index in [1.165, 1.54) is 0 Å². The first-order valence-corrected chi connectivity index (χ1v) is 5.73. The second kappa shape index (κ2) is 6.31. The van der Waals surface area contributed by atoms with Gasteiger partial charge in [0.25, 0.3) is 0 Å². The summed E-state index contributed by atoms with van der Waals surface area (Å²) in [4.78, 5) is 10.6. The molecule has 0 unspecified atom stereocenters. The Morgan fingerprint density at radius 1 is 1.53 bits per heavy atom. The van der Waals surface area contributed by atoms with Gasteiger partial charge < -0.3 is 21.3 Å². The zero-order chi connectivity index (χ0) is 12.8. The van der Waals surface area contributed by atoms with E-state index in [9.17, 15) is 0 Å². The molecule has 0 aliphatic carbocycles.